The van der Waals surface area contributed by atoms with Crippen LogP contribution in [0.5, 0.6) is 0 Å². The van der Waals surface area contributed by atoms with E-state index >= 15 is 0 Å². The van der Waals surface area contributed by atoms with Crippen LogP contribution in [-0.2, 0) is 0 Å². The summed E-state index contributed by atoms with van der Waals surface area (Å²) >= 11 is 8.52. The molecule has 3 heteroatoms. The SMILES string of the molecule is Fc1ccccc1C(=S)S. The largest absolute Gasteiger partial charge is 0.206 e. The molecule has 0 aliphatic carbocycles. The molecule has 0 saturated heterocycles. The fourth-order valence-corrected chi connectivity index (χ4v) is 0.982. The zero-order chi connectivity index (χ0) is 7.56. The summed E-state index contributed by atoms with van der Waals surface area (Å²) in [5.74, 6) is -0.317. The zero-order valence-electron chi connectivity index (χ0n) is 5.04. The second-order valence-electron chi connectivity index (χ2n) is 1.78. The Hall–Kier alpha value is -0.410. The van der Waals surface area contributed by atoms with E-state index in [0.717, 1.165) is 0 Å². The lowest BCUT2D eigenvalue weighted by molar-refractivity contribution is 0.626. The van der Waals surface area contributed by atoms with E-state index in [1.54, 1.807) is 18.2 Å². The summed E-state index contributed by atoms with van der Waals surface area (Å²) in [6.45, 7) is 0. The van der Waals surface area contributed by atoms with Crippen molar-refractivity contribution in [2.24, 2.45) is 0 Å². The van der Waals surface area contributed by atoms with E-state index in [2.05, 4.69) is 24.8 Å². The van der Waals surface area contributed by atoms with Gasteiger partial charge in [0.25, 0.3) is 0 Å². The number of thiol groups is 1. The molecule has 0 saturated carbocycles. The number of thiocarbonyl (C=S) groups is 1. The van der Waals surface area contributed by atoms with Gasteiger partial charge in [0.15, 0.2) is 0 Å². The number of hydrogen-bond donors (Lipinski definition) is 1. The van der Waals surface area contributed by atoms with Crippen LogP contribution < -0.4 is 0 Å². The molecule has 0 fully saturated rings. The van der Waals surface area contributed by atoms with E-state index in [0.29, 0.717) is 5.56 Å². The lowest BCUT2D eigenvalue weighted by Crippen LogP contribution is -1.90. The van der Waals surface area contributed by atoms with Crippen molar-refractivity contribution in [3.8, 4) is 0 Å². The molecule has 0 atom stereocenters. The lowest BCUT2D eigenvalue weighted by Gasteiger charge is -1.96. The third kappa shape index (κ3) is 1.55. The maximum absolute atomic E-state index is 12.7. The van der Waals surface area contributed by atoms with Crippen molar-refractivity contribution in [3.05, 3.63) is 35.6 Å². The van der Waals surface area contributed by atoms with Crippen LogP contribution in [-0.4, -0.2) is 4.20 Å². The van der Waals surface area contributed by atoms with Gasteiger partial charge in [0.1, 0.15) is 5.82 Å². The van der Waals surface area contributed by atoms with Crippen LogP contribution >= 0.6 is 24.8 Å². The Labute approximate surface area is 69.5 Å². The Balaban J connectivity index is 3.15. The molecule has 0 radical (unpaired) electrons. The first kappa shape index (κ1) is 7.69. The Morgan fingerprint density at radius 1 is 1.40 bits per heavy atom. The fourth-order valence-electron chi connectivity index (χ4n) is 0.635. The van der Waals surface area contributed by atoms with E-state index < -0.39 is 0 Å². The molecule has 0 bridgehead atoms. The minimum atomic E-state index is -0.317. The van der Waals surface area contributed by atoms with Crippen molar-refractivity contribution in [2.45, 2.75) is 0 Å². The van der Waals surface area contributed by atoms with Crippen molar-refractivity contribution in [3.63, 3.8) is 0 Å². The van der Waals surface area contributed by atoms with E-state index in [4.69, 9.17) is 0 Å². The Kier molecular flexibility index (Phi) is 2.40. The second-order valence-corrected chi connectivity index (χ2v) is 2.94. The van der Waals surface area contributed by atoms with Gasteiger partial charge < -0.3 is 0 Å². The van der Waals surface area contributed by atoms with Gasteiger partial charge in [0.05, 0.1) is 4.20 Å². The molecule has 0 spiro atoms. The molecule has 0 aliphatic rings. The van der Waals surface area contributed by atoms with E-state index in [1.165, 1.54) is 6.07 Å². The zero-order valence-corrected chi connectivity index (χ0v) is 6.75. The minimum absolute atomic E-state index is 0.290. The average Bonchev–Trinajstić information content (AvgIpc) is 1.88. The van der Waals surface area contributed by atoms with Crippen LogP contribution in [0.1, 0.15) is 5.56 Å². The van der Waals surface area contributed by atoms with Crippen molar-refractivity contribution in [1.82, 2.24) is 0 Å². The van der Waals surface area contributed by atoms with Crippen LogP contribution in [0.4, 0.5) is 4.39 Å². The van der Waals surface area contributed by atoms with Gasteiger partial charge in [-0.2, -0.15) is 0 Å². The van der Waals surface area contributed by atoms with Gasteiger partial charge in [-0.1, -0.05) is 30.4 Å². The summed E-state index contributed by atoms with van der Waals surface area (Å²) < 4.78 is 13.0. The van der Waals surface area contributed by atoms with Crippen molar-refractivity contribution < 1.29 is 4.39 Å². The summed E-state index contributed by atoms with van der Waals surface area (Å²) in [4.78, 5) is 0. The first-order valence-electron chi connectivity index (χ1n) is 2.69. The normalized spacial score (nSPS) is 9.40. The molecule has 0 N–H and O–H groups in total. The monoisotopic (exact) mass is 172 g/mol. The Morgan fingerprint density at radius 2 is 2.00 bits per heavy atom. The summed E-state index contributed by atoms with van der Waals surface area (Å²) in [6, 6.07) is 6.30. The molecular weight excluding hydrogens is 167 g/mol. The lowest BCUT2D eigenvalue weighted by atomic mass is 10.2. The van der Waals surface area contributed by atoms with Crippen LogP contribution in [0.25, 0.3) is 0 Å². The Morgan fingerprint density at radius 3 is 2.40 bits per heavy atom. The minimum Gasteiger partial charge on any atom is -0.206 e. The highest BCUT2D eigenvalue weighted by atomic mass is 32.1. The van der Waals surface area contributed by atoms with E-state index in [9.17, 15) is 4.39 Å². The number of rotatable bonds is 1. The second kappa shape index (κ2) is 3.12. The summed E-state index contributed by atoms with van der Waals surface area (Å²) in [6.07, 6.45) is 0. The fraction of sp³-hybridized carbons (Fsp3) is 0. The van der Waals surface area contributed by atoms with E-state index in [-0.39, 0.29) is 10.0 Å². The molecule has 0 aliphatic heterocycles. The molecule has 0 heterocycles. The quantitative estimate of drug-likeness (QED) is 0.501. The topological polar surface area (TPSA) is 0 Å². The maximum Gasteiger partial charge on any atom is 0.132 e. The smallest absolute Gasteiger partial charge is 0.132 e. The number of halogens is 1. The molecule has 0 aromatic heterocycles. The van der Waals surface area contributed by atoms with Gasteiger partial charge in [-0.3, -0.25) is 0 Å². The highest BCUT2D eigenvalue weighted by Crippen LogP contribution is 2.09. The number of hydrogen-bond acceptors (Lipinski definition) is 1. The molecule has 0 nitrogen and oxygen atoms in total. The third-order valence-electron chi connectivity index (χ3n) is 1.10. The van der Waals surface area contributed by atoms with Gasteiger partial charge in [-0.15, -0.1) is 12.6 Å². The highest BCUT2D eigenvalue weighted by Gasteiger charge is 2.00. The summed E-state index contributed by atoms with van der Waals surface area (Å²) in [5, 5.41) is 0. The first-order valence-corrected chi connectivity index (χ1v) is 3.55. The first-order chi connectivity index (χ1) is 4.72. The average molecular weight is 172 g/mol. The molecule has 1 aromatic carbocycles. The predicted octanol–water partition coefficient (Wildman–Crippen LogP) is 2.43. The van der Waals surface area contributed by atoms with Crippen LogP contribution in [0.2, 0.25) is 0 Å². The van der Waals surface area contributed by atoms with Gasteiger partial charge in [-0.05, 0) is 6.07 Å². The molecule has 1 aromatic rings. The number of benzene rings is 1. The Bertz CT molecular complexity index is 258. The van der Waals surface area contributed by atoms with Gasteiger partial charge in [0.2, 0.25) is 0 Å². The molecule has 52 valence electrons. The summed E-state index contributed by atoms with van der Waals surface area (Å²) in [5.41, 5.74) is 0.390. The van der Waals surface area contributed by atoms with Crippen LogP contribution in [0, 0.1) is 5.82 Å². The van der Waals surface area contributed by atoms with Gasteiger partial charge >= 0.3 is 0 Å². The molecular formula is C7H5FS2. The van der Waals surface area contributed by atoms with Crippen molar-refractivity contribution in [2.75, 3.05) is 0 Å². The van der Waals surface area contributed by atoms with Gasteiger partial charge in [0, 0.05) is 5.56 Å². The van der Waals surface area contributed by atoms with Crippen LogP contribution in [0.15, 0.2) is 24.3 Å². The van der Waals surface area contributed by atoms with Crippen molar-refractivity contribution >= 4 is 29.0 Å². The molecule has 1 rings (SSSR count). The molecule has 0 unspecified atom stereocenters. The highest BCUT2D eigenvalue weighted by molar-refractivity contribution is 8.11. The maximum atomic E-state index is 12.7. The van der Waals surface area contributed by atoms with Crippen molar-refractivity contribution in [1.29, 1.82) is 0 Å². The third-order valence-corrected chi connectivity index (χ3v) is 1.57. The van der Waals surface area contributed by atoms with Crippen LogP contribution in [0.3, 0.4) is 0 Å². The summed E-state index contributed by atoms with van der Waals surface area (Å²) in [7, 11) is 0. The predicted molar refractivity (Wildman–Crippen MR) is 47.1 cm³/mol. The van der Waals surface area contributed by atoms with Gasteiger partial charge in [-0.25, -0.2) is 4.39 Å². The molecule has 10 heavy (non-hydrogen) atoms. The molecule has 0 amide bonds. The van der Waals surface area contributed by atoms with E-state index in [1.807, 2.05) is 0 Å². The standard InChI is InChI=1S/C7H5FS2/c8-6-4-2-1-3-5(6)7(9)10/h1-4H,(H,9,10).